The van der Waals surface area contributed by atoms with Crippen molar-refractivity contribution in [2.75, 3.05) is 12.4 Å². The molecule has 0 spiro atoms. The van der Waals surface area contributed by atoms with Crippen molar-refractivity contribution in [1.82, 2.24) is 8.75 Å². The van der Waals surface area contributed by atoms with E-state index in [1.165, 1.54) is 7.11 Å². The minimum absolute atomic E-state index is 0.0248. The number of rotatable bonds is 7. The fourth-order valence-corrected chi connectivity index (χ4v) is 3.41. The average molecular weight is 452 g/mol. The molecule has 0 aliphatic rings. The summed E-state index contributed by atoms with van der Waals surface area (Å²) in [5, 5.41) is 3.20. The van der Waals surface area contributed by atoms with Gasteiger partial charge in [0.1, 0.15) is 12.4 Å². The largest absolute Gasteiger partial charge is 0.487 e. The highest BCUT2D eigenvalue weighted by molar-refractivity contribution is 6.99. The van der Waals surface area contributed by atoms with Crippen LogP contribution in [0.1, 0.15) is 21.6 Å². The molecule has 10 heteroatoms. The van der Waals surface area contributed by atoms with E-state index in [1.807, 2.05) is 30.3 Å². The van der Waals surface area contributed by atoms with Gasteiger partial charge in [0.15, 0.2) is 5.82 Å². The maximum absolute atomic E-state index is 12.5. The maximum atomic E-state index is 12.5. The molecule has 1 N–H and O–H groups in total. The normalized spacial score (nSPS) is 10.4. The number of methoxy groups -OCH3 is 1. The van der Waals surface area contributed by atoms with Gasteiger partial charge in [-0.15, -0.1) is 0 Å². The van der Waals surface area contributed by atoms with Crippen molar-refractivity contribution in [3.05, 3.63) is 69.3 Å². The molecular weight excluding hydrogens is 437 g/mol. The Labute approximate surface area is 180 Å². The van der Waals surface area contributed by atoms with Gasteiger partial charge < -0.3 is 14.8 Å². The van der Waals surface area contributed by atoms with E-state index in [9.17, 15) is 9.59 Å². The van der Waals surface area contributed by atoms with Crippen LogP contribution in [0.4, 0.5) is 5.82 Å². The fraction of sp³-hybridized carbons (Fsp3) is 0.158. The highest BCUT2D eigenvalue weighted by Gasteiger charge is 2.21. The zero-order valence-electron chi connectivity index (χ0n) is 15.1. The molecule has 0 unspecified atom stereocenters. The molecule has 3 aromatic rings. The first-order valence-electron chi connectivity index (χ1n) is 8.34. The van der Waals surface area contributed by atoms with Gasteiger partial charge in [-0.25, -0.2) is 4.79 Å². The smallest absolute Gasteiger partial charge is 0.361 e. The molecule has 1 amide bonds. The van der Waals surface area contributed by atoms with Crippen molar-refractivity contribution in [2.45, 2.75) is 13.0 Å². The molecule has 0 fully saturated rings. The lowest BCUT2D eigenvalue weighted by Crippen LogP contribution is -2.18. The lowest BCUT2D eigenvalue weighted by Gasteiger charge is -2.15. The molecule has 0 aliphatic heterocycles. The summed E-state index contributed by atoms with van der Waals surface area (Å²) in [6, 6.07) is 12.7. The topological polar surface area (TPSA) is 90.4 Å². The molecule has 0 bridgehead atoms. The lowest BCUT2D eigenvalue weighted by molar-refractivity contribution is -0.115. The van der Waals surface area contributed by atoms with E-state index in [-0.39, 0.29) is 24.5 Å². The van der Waals surface area contributed by atoms with Gasteiger partial charge in [0, 0.05) is 10.6 Å². The van der Waals surface area contributed by atoms with Gasteiger partial charge in [0.05, 0.1) is 30.3 Å². The van der Waals surface area contributed by atoms with Gasteiger partial charge in [-0.3, -0.25) is 4.79 Å². The maximum Gasteiger partial charge on any atom is 0.361 e. The van der Waals surface area contributed by atoms with Gasteiger partial charge in [-0.05, 0) is 17.7 Å². The van der Waals surface area contributed by atoms with Crippen LogP contribution in [0.3, 0.4) is 0 Å². The molecular formula is C19H15Cl2N3O4S. The van der Waals surface area contributed by atoms with E-state index in [0.717, 1.165) is 17.3 Å². The number of nitrogens with zero attached hydrogens (tertiary/aromatic N) is 2. The van der Waals surface area contributed by atoms with Crippen LogP contribution in [0.25, 0.3) is 0 Å². The van der Waals surface area contributed by atoms with E-state index < -0.39 is 11.9 Å². The minimum atomic E-state index is -0.693. The molecule has 0 saturated heterocycles. The Morgan fingerprint density at radius 2 is 1.79 bits per heavy atom. The summed E-state index contributed by atoms with van der Waals surface area (Å²) < 4.78 is 18.2. The van der Waals surface area contributed by atoms with Crippen molar-refractivity contribution < 1.29 is 19.1 Å². The number of halogens is 2. The fourth-order valence-electron chi connectivity index (χ4n) is 2.46. The van der Waals surface area contributed by atoms with E-state index >= 15 is 0 Å². The number of esters is 1. The summed E-state index contributed by atoms with van der Waals surface area (Å²) in [5.41, 5.74) is 1.30. The first kappa shape index (κ1) is 21.0. The van der Waals surface area contributed by atoms with E-state index in [1.54, 1.807) is 12.1 Å². The molecule has 0 saturated carbocycles. The number of benzene rings is 2. The Morgan fingerprint density at radius 3 is 2.52 bits per heavy atom. The number of carbonyl (C=O) groups excluding carboxylic acids is 2. The third kappa shape index (κ3) is 5.23. The number of ether oxygens (including phenoxy) is 2. The summed E-state index contributed by atoms with van der Waals surface area (Å²) in [7, 11) is 1.22. The zero-order valence-corrected chi connectivity index (χ0v) is 17.5. The quantitative estimate of drug-likeness (QED) is 0.535. The lowest BCUT2D eigenvalue weighted by atomic mass is 10.1. The van der Waals surface area contributed by atoms with Gasteiger partial charge >= 0.3 is 5.97 Å². The molecule has 0 atom stereocenters. The monoisotopic (exact) mass is 451 g/mol. The Hall–Kier alpha value is -2.68. The molecule has 1 heterocycles. The minimum Gasteiger partial charge on any atom is -0.487 e. The summed E-state index contributed by atoms with van der Waals surface area (Å²) >= 11 is 13.4. The van der Waals surface area contributed by atoms with Crippen LogP contribution in [0.2, 0.25) is 10.0 Å². The van der Waals surface area contributed by atoms with Crippen molar-refractivity contribution in [3.8, 4) is 5.75 Å². The Balaban J connectivity index is 1.78. The number of hydrogen-bond donors (Lipinski definition) is 1. The third-order valence-electron chi connectivity index (χ3n) is 3.84. The first-order valence-corrected chi connectivity index (χ1v) is 9.82. The molecule has 0 radical (unpaired) electrons. The van der Waals surface area contributed by atoms with Crippen LogP contribution < -0.4 is 10.1 Å². The zero-order chi connectivity index (χ0) is 20.8. The SMILES string of the molecule is COC(=O)c1nsnc1NC(=O)Cc1c(Cl)ccc(Cl)c1OCc1ccccc1. The van der Waals surface area contributed by atoms with Gasteiger partial charge in [0.2, 0.25) is 11.6 Å². The highest BCUT2D eigenvalue weighted by Crippen LogP contribution is 2.35. The number of aromatic nitrogens is 2. The Kier molecular flexibility index (Phi) is 7.03. The van der Waals surface area contributed by atoms with Gasteiger partial charge in [-0.1, -0.05) is 53.5 Å². The molecule has 150 valence electrons. The van der Waals surface area contributed by atoms with Crippen LogP contribution in [0.15, 0.2) is 42.5 Å². The van der Waals surface area contributed by atoms with Crippen LogP contribution in [0, 0.1) is 0 Å². The van der Waals surface area contributed by atoms with Gasteiger partial charge in [-0.2, -0.15) is 8.75 Å². The molecule has 7 nitrogen and oxygen atoms in total. The molecule has 0 aliphatic carbocycles. The molecule has 29 heavy (non-hydrogen) atoms. The predicted molar refractivity (Wildman–Crippen MR) is 111 cm³/mol. The van der Waals surface area contributed by atoms with Crippen LogP contribution in [-0.4, -0.2) is 27.7 Å². The summed E-state index contributed by atoms with van der Waals surface area (Å²) in [6.07, 6.45) is -0.137. The van der Waals surface area contributed by atoms with E-state index in [0.29, 0.717) is 21.4 Å². The second-order valence-electron chi connectivity index (χ2n) is 5.79. The predicted octanol–water partition coefficient (Wildman–Crippen LogP) is 4.39. The molecule has 2 aromatic carbocycles. The van der Waals surface area contributed by atoms with Crippen molar-refractivity contribution >= 4 is 52.6 Å². The molecule has 3 rings (SSSR count). The summed E-state index contributed by atoms with van der Waals surface area (Å²) in [4.78, 5) is 24.2. The summed E-state index contributed by atoms with van der Waals surface area (Å²) in [5.74, 6) is -0.808. The number of nitrogens with one attached hydrogen (secondary N) is 1. The number of anilines is 1. The van der Waals surface area contributed by atoms with Gasteiger partial charge in [0.25, 0.3) is 0 Å². The average Bonchev–Trinajstić information content (AvgIpc) is 3.18. The van der Waals surface area contributed by atoms with Crippen molar-refractivity contribution in [1.29, 1.82) is 0 Å². The van der Waals surface area contributed by atoms with E-state index in [2.05, 4.69) is 18.8 Å². The third-order valence-corrected chi connectivity index (χ3v) is 5.02. The Bertz CT molecular complexity index is 1030. The first-order chi connectivity index (χ1) is 14.0. The summed E-state index contributed by atoms with van der Waals surface area (Å²) in [6.45, 7) is 0.262. The van der Waals surface area contributed by atoms with Crippen molar-refractivity contribution in [3.63, 3.8) is 0 Å². The number of carbonyl (C=O) groups is 2. The number of hydrogen-bond acceptors (Lipinski definition) is 7. The second-order valence-corrected chi connectivity index (χ2v) is 7.13. The van der Waals surface area contributed by atoms with Crippen molar-refractivity contribution in [2.24, 2.45) is 0 Å². The van der Waals surface area contributed by atoms with Crippen LogP contribution in [-0.2, 0) is 22.6 Å². The number of amides is 1. The van der Waals surface area contributed by atoms with Crippen LogP contribution in [0.5, 0.6) is 5.75 Å². The Morgan fingerprint density at radius 1 is 1.07 bits per heavy atom. The standard InChI is InChI=1S/C19H15Cl2N3O4S/c1-27-19(26)16-18(24-29-23-16)22-15(25)9-12-13(20)7-8-14(21)17(12)28-10-11-5-3-2-4-6-11/h2-8H,9-10H2,1H3,(H,22,24,25). The van der Waals surface area contributed by atoms with E-state index in [4.69, 9.17) is 27.9 Å². The second kappa shape index (κ2) is 9.69. The highest BCUT2D eigenvalue weighted by atomic mass is 35.5. The van der Waals surface area contributed by atoms with Crippen LogP contribution >= 0.6 is 34.9 Å². The molecule has 1 aromatic heterocycles.